The Morgan fingerprint density at radius 2 is 2.05 bits per heavy atom. The maximum absolute atomic E-state index is 10.9. The molecule has 0 aliphatic heterocycles. The first-order chi connectivity index (χ1) is 10.0. The number of nitrogens with zero attached hydrogens (tertiary/aromatic N) is 4. The number of aromatic nitrogens is 3. The summed E-state index contributed by atoms with van der Waals surface area (Å²) in [5.74, 6) is 5.05. The van der Waals surface area contributed by atoms with Gasteiger partial charge in [-0.15, -0.1) is 4.98 Å². The minimum absolute atomic E-state index is 0.0264. The van der Waals surface area contributed by atoms with Crippen LogP contribution in [0.3, 0.4) is 0 Å². The van der Waals surface area contributed by atoms with Crippen LogP contribution in [0.1, 0.15) is 0 Å². The molecule has 0 radical (unpaired) electrons. The molecule has 11 heteroatoms. The summed E-state index contributed by atoms with van der Waals surface area (Å²) in [5.41, 5.74) is 1.90. The van der Waals surface area contributed by atoms with E-state index in [-0.39, 0.29) is 34.4 Å². The van der Waals surface area contributed by atoms with Crippen molar-refractivity contribution in [3.05, 3.63) is 33.3 Å². The number of hydrazine groups is 1. The average Bonchev–Trinajstić information content (AvgIpc) is 2.46. The normalized spacial score (nSPS) is 10.0. The first-order valence-electron chi connectivity index (χ1n) is 5.42. The number of nitro benzene ring substituents is 1. The Kier molecular flexibility index (Phi) is 4.30. The van der Waals surface area contributed by atoms with Gasteiger partial charge in [0.05, 0.1) is 12.0 Å². The van der Waals surface area contributed by atoms with Crippen molar-refractivity contribution in [2.24, 2.45) is 5.84 Å². The van der Waals surface area contributed by atoms with E-state index in [1.54, 1.807) is 0 Å². The van der Waals surface area contributed by atoms with Crippen molar-refractivity contribution in [1.82, 2.24) is 15.0 Å². The topological polar surface area (TPSA) is 138 Å². The molecule has 1 aromatic carbocycles. The maximum Gasteiger partial charge on any atom is 0.330 e. The van der Waals surface area contributed by atoms with Gasteiger partial charge in [-0.05, 0) is 6.07 Å². The lowest BCUT2D eigenvalue weighted by Crippen LogP contribution is -2.12. The van der Waals surface area contributed by atoms with Gasteiger partial charge in [0.2, 0.25) is 11.7 Å². The molecule has 0 spiro atoms. The molecule has 1 aromatic heterocycles. The zero-order chi connectivity index (χ0) is 15.4. The van der Waals surface area contributed by atoms with Crippen LogP contribution in [0, 0.1) is 10.1 Å². The van der Waals surface area contributed by atoms with Crippen molar-refractivity contribution >= 4 is 23.2 Å². The zero-order valence-electron chi connectivity index (χ0n) is 10.6. The minimum Gasteiger partial charge on any atom is -0.467 e. The number of ether oxygens (including phenoxy) is 2. The van der Waals surface area contributed by atoms with Gasteiger partial charge in [-0.3, -0.25) is 15.5 Å². The van der Waals surface area contributed by atoms with E-state index in [2.05, 4.69) is 20.4 Å². The fourth-order valence-corrected chi connectivity index (χ4v) is 1.52. The van der Waals surface area contributed by atoms with Crippen molar-refractivity contribution in [3.63, 3.8) is 0 Å². The molecule has 0 amide bonds. The van der Waals surface area contributed by atoms with E-state index in [4.69, 9.17) is 26.9 Å². The largest absolute Gasteiger partial charge is 0.467 e. The first kappa shape index (κ1) is 14.7. The van der Waals surface area contributed by atoms with Gasteiger partial charge in [0, 0.05) is 17.2 Å². The van der Waals surface area contributed by atoms with E-state index in [0.29, 0.717) is 0 Å². The summed E-state index contributed by atoms with van der Waals surface area (Å²) in [4.78, 5) is 21.7. The molecule has 21 heavy (non-hydrogen) atoms. The number of anilines is 1. The molecular formula is C10H9ClN6O4. The number of nitrogen functional groups attached to an aromatic ring is 1. The van der Waals surface area contributed by atoms with Crippen LogP contribution in [0.2, 0.25) is 5.02 Å². The Morgan fingerprint density at radius 3 is 2.67 bits per heavy atom. The lowest BCUT2D eigenvalue weighted by molar-refractivity contribution is -0.385. The molecular weight excluding hydrogens is 304 g/mol. The Labute approximate surface area is 123 Å². The molecule has 110 valence electrons. The number of hydrogen-bond donors (Lipinski definition) is 2. The van der Waals surface area contributed by atoms with Crippen LogP contribution in [0.15, 0.2) is 18.2 Å². The Morgan fingerprint density at radius 1 is 1.33 bits per heavy atom. The van der Waals surface area contributed by atoms with Crippen LogP contribution >= 0.6 is 11.6 Å². The fourth-order valence-electron chi connectivity index (χ4n) is 1.36. The van der Waals surface area contributed by atoms with E-state index in [1.165, 1.54) is 25.3 Å². The van der Waals surface area contributed by atoms with Crippen LogP contribution in [0.4, 0.5) is 11.6 Å². The van der Waals surface area contributed by atoms with E-state index < -0.39 is 4.92 Å². The van der Waals surface area contributed by atoms with Crippen molar-refractivity contribution in [1.29, 1.82) is 0 Å². The van der Waals surface area contributed by atoms with Crippen LogP contribution in [0.5, 0.6) is 17.8 Å². The second-order valence-electron chi connectivity index (χ2n) is 3.54. The Bertz CT molecular complexity index is 660. The molecule has 3 N–H and O–H groups in total. The molecule has 10 nitrogen and oxygen atoms in total. The second-order valence-corrected chi connectivity index (χ2v) is 3.98. The van der Waals surface area contributed by atoms with Crippen molar-refractivity contribution in [3.8, 4) is 17.8 Å². The van der Waals surface area contributed by atoms with Gasteiger partial charge in [-0.1, -0.05) is 11.6 Å². The molecule has 0 saturated carbocycles. The first-order valence-corrected chi connectivity index (χ1v) is 5.79. The standard InChI is InChI=1S/C10H9ClN6O4/c1-20-9-13-8(16-12)14-10(15-9)21-7-4-5(11)2-3-6(7)17(18)19/h2-4H,12H2,1H3,(H,13,14,15,16). The highest BCUT2D eigenvalue weighted by molar-refractivity contribution is 6.30. The molecule has 0 saturated heterocycles. The van der Waals surface area contributed by atoms with Crippen molar-refractivity contribution < 1.29 is 14.4 Å². The van der Waals surface area contributed by atoms with E-state index >= 15 is 0 Å². The van der Waals surface area contributed by atoms with Gasteiger partial charge in [0.15, 0.2) is 0 Å². The van der Waals surface area contributed by atoms with E-state index in [0.717, 1.165) is 0 Å². The quantitative estimate of drug-likeness (QED) is 0.477. The summed E-state index contributed by atoms with van der Waals surface area (Å²) < 4.78 is 10.1. The predicted octanol–water partition coefficient (Wildman–Crippen LogP) is 1.52. The van der Waals surface area contributed by atoms with E-state index in [1.807, 2.05) is 0 Å². The number of nitro groups is 1. The maximum atomic E-state index is 10.9. The lowest BCUT2D eigenvalue weighted by atomic mass is 10.3. The summed E-state index contributed by atoms with van der Waals surface area (Å²) >= 11 is 5.79. The molecule has 0 atom stereocenters. The monoisotopic (exact) mass is 312 g/mol. The number of nitrogens with two attached hydrogens (primary N) is 1. The predicted molar refractivity (Wildman–Crippen MR) is 72.4 cm³/mol. The number of rotatable bonds is 5. The number of methoxy groups -OCH3 is 1. The smallest absolute Gasteiger partial charge is 0.330 e. The molecule has 0 fully saturated rings. The number of benzene rings is 1. The third-order valence-corrected chi connectivity index (χ3v) is 2.46. The SMILES string of the molecule is COc1nc(NN)nc(Oc2cc(Cl)ccc2[N+](=O)[O-])n1. The minimum atomic E-state index is -0.619. The Balaban J connectivity index is 2.42. The van der Waals surface area contributed by atoms with Crippen molar-refractivity contribution in [2.75, 3.05) is 12.5 Å². The summed E-state index contributed by atoms with van der Waals surface area (Å²) in [7, 11) is 1.33. The molecule has 0 aliphatic rings. The summed E-state index contributed by atoms with van der Waals surface area (Å²) in [6.45, 7) is 0. The highest BCUT2D eigenvalue weighted by atomic mass is 35.5. The molecule has 2 aromatic rings. The van der Waals surface area contributed by atoms with Crippen molar-refractivity contribution in [2.45, 2.75) is 0 Å². The third kappa shape index (κ3) is 3.43. The fraction of sp³-hybridized carbons (Fsp3) is 0.100. The third-order valence-electron chi connectivity index (χ3n) is 2.23. The van der Waals surface area contributed by atoms with E-state index in [9.17, 15) is 10.1 Å². The highest BCUT2D eigenvalue weighted by Crippen LogP contribution is 2.32. The van der Waals surface area contributed by atoms with Gasteiger partial charge in [0.1, 0.15) is 0 Å². The van der Waals surface area contributed by atoms with Crippen LogP contribution in [-0.2, 0) is 0 Å². The Hall–Kier alpha value is -2.72. The van der Waals surface area contributed by atoms with Gasteiger partial charge in [-0.2, -0.15) is 9.97 Å². The number of halogens is 1. The van der Waals surface area contributed by atoms with Gasteiger partial charge in [-0.25, -0.2) is 5.84 Å². The summed E-state index contributed by atoms with van der Waals surface area (Å²) in [5, 5.41) is 11.2. The van der Waals surface area contributed by atoms with Crippen LogP contribution in [-0.4, -0.2) is 27.0 Å². The molecule has 1 heterocycles. The molecule has 0 aliphatic carbocycles. The molecule has 0 unspecified atom stereocenters. The van der Waals surface area contributed by atoms with Crippen LogP contribution < -0.4 is 20.7 Å². The lowest BCUT2D eigenvalue weighted by Gasteiger charge is -2.07. The summed E-state index contributed by atoms with van der Waals surface area (Å²) in [6.07, 6.45) is 0. The molecule has 2 rings (SSSR count). The number of hydrogen-bond acceptors (Lipinski definition) is 9. The average molecular weight is 313 g/mol. The van der Waals surface area contributed by atoms with Gasteiger partial charge < -0.3 is 9.47 Å². The van der Waals surface area contributed by atoms with Gasteiger partial charge in [0.25, 0.3) is 0 Å². The van der Waals surface area contributed by atoms with Gasteiger partial charge >= 0.3 is 17.7 Å². The summed E-state index contributed by atoms with van der Waals surface area (Å²) in [6, 6.07) is 3.54. The number of nitrogens with one attached hydrogen (secondary N) is 1. The van der Waals surface area contributed by atoms with Crippen LogP contribution in [0.25, 0.3) is 0 Å². The highest BCUT2D eigenvalue weighted by Gasteiger charge is 2.18. The molecule has 0 bridgehead atoms. The zero-order valence-corrected chi connectivity index (χ0v) is 11.4. The second kappa shape index (κ2) is 6.15.